The van der Waals surface area contributed by atoms with Crippen molar-refractivity contribution in [2.24, 2.45) is 0 Å². The molecule has 24 heavy (non-hydrogen) atoms. The Balaban J connectivity index is 2.39. The lowest BCUT2D eigenvalue weighted by Gasteiger charge is -2.35. The summed E-state index contributed by atoms with van der Waals surface area (Å²) < 4.78 is 31.3. The summed E-state index contributed by atoms with van der Waals surface area (Å²) in [4.78, 5) is 14.7. The van der Waals surface area contributed by atoms with E-state index >= 15 is 0 Å². The van der Waals surface area contributed by atoms with Crippen molar-refractivity contribution in [2.75, 3.05) is 30.8 Å². The monoisotopic (exact) mass is 354 g/mol. The normalized spacial score (nSPS) is 16.5. The Morgan fingerprint density at radius 1 is 1.29 bits per heavy atom. The highest BCUT2D eigenvalue weighted by atomic mass is 32.2. The van der Waals surface area contributed by atoms with Crippen LogP contribution in [0.5, 0.6) is 5.75 Å². The van der Waals surface area contributed by atoms with E-state index in [9.17, 15) is 13.2 Å². The molecule has 6 nitrogen and oxygen atoms in total. The molecule has 134 valence electrons. The average molecular weight is 354 g/mol. The van der Waals surface area contributed by atoms with Gasteiger partial charge in [-0.1, -0.05) is 13.0 Å². The van der Waals surface area contributed by atoms with Crippen molar-refractivity contribution in [2.45, 2.75) is 38.6 Å². The van der Waals surface area contributed by atoms with Gasteiger partial charge in [0.05, 0.1) is 19.1 Å². The topological polar surface area (TPSA) is 66.9 Å². The largest absolute Gasteiger partial charge is 0.497 e. The molecule has 1 amide bonds. The fraction of sp³-hybridized carbons (Fsp3) is 0.588. The van der Waals surface area contributed by atoms with E-state index in [2.05, 4.69) is 0 Å². The predicted octanol–water partition coefficient (Wildman–Crippen LogP) is 2.25. The molecule has 1 aliphatic heterocycles. The molecular weight excluding hydrogens is 328 g/mol. The summed E-state index contributed by atoms with van der Waals surface area (Å²) in [6.45, 7) is 3.24. The number of hydrogen-bond acceptors (Lipinski definition) is 4. The average Bonchev–Trinajstić information content (AvgIpc) is 2.58. The maximum absolute atomic E-state index is 12.9. The Bertz CT molecular complexity index is 669. The lowest BCUT2D eigenvalue weighted by Crippen LogP contribution is -2.51. The number of carbonyl (C=O) groups is 1. The van der Waals surface area contributed by atoms with Gasteiger partial charge in [0, 0.05) is 19.2 Å². The van der Waals surface area contributed by atoms with E-state index in [0.29, 0.717) is 30.9 Å². The first-order chi connectivity index (χ1) is 11.4. The zero-order valence-electron chi connectivity index (χ0n) is 14.6. The number of carbonyl (C=O) groups excluding carboxylic acids is 1. The highest BCUT2D eigenvalue weighted by Gasteiger charge is 2.34. The summed E-state index contributed by atoms with van der Waals surface area (Å²) in [5.74, 6) is 0.437. The number of sulfonamides is 1. The van der Waals surface area contributed by atoms with Crippen molar-refractivity contribution < 1.29 is 17.9 Å². The second-order valence-electron chi connectivity index (χ2n) is 6.07. The molecule has 0 N–H and O–H groups in total. The van der Waals surface area contributed by atoms with Gasteiger partial charge in [-0.2, -0.15) is 0 Å². The Morgan fingerprint density at radius 2 is 1.96 bits per heavy atom. The molecule has 2 rings (SSSR count). The van der Waals surface area contributed by atoms with Crippen LogP contribution in [0.25, 0.3) is 0 Å². The summed E-state index contributed by atoms with van der Waals surface area (Å²) >= 11 is 0. The van der Waals surface area contributed by atoms with Gasteiger partial charge in [-0.15, -0.1) is 0 Å². The molecule has 0 saturated carbocycles. The van der Waals surface area contributed by atoms with Gasteiger partial charge in [0.2, 0.25) is 15.9 Å². The fourth-order valence-corrected chi connectivity index (χ4v) is 4.31. The van der Waals surface area contributed by atoms with E-state index in [1.54, 1.807) is 29.2 Å². The van der Waals surface area contributed by atoms with Crippen molar-refractivity contribution in [3.05, 3.63) is 24.3 Å². The quantitative estimate of drug-likeness (QED) is 0.786. The number of methoxy groups -OCH3 is 1. The molecule has 1 heterocycles. The minimum absolute atomic E-state index is 0.120. The van der Waals surface area contributed by atoms with Crippen LogP contribution in [0.4, 0.5) is 5.69 Å². The molecule has 1 aromatic rings. The Morgan fingerprint density at radius 3 is 2.50 bits per heavy atom. The fourth-order valence-electron chi connectivity index (χ4n) is 3.12. The Labute approximate surface area is 144 Å². The van der Waals surface area contributed by atoms with Crippen LogP contribution in [-0.4, -0.2) is 51.7 Å². The SMILES string of the molecule is CC[C@H](C(=O)N1CCCCC1)N(c1cccc(OC)c1)S(C)(=O)=O. The third kappa shape index (κ3) is 4.20. The number of piperidine rings is 1. The van der Waals surface area contributed by atoms with Crippen molar-refractivity contribution in [1.29, 1.82) is 0 Å². The molecule has 0 aromatic heterocycles. The summed E-state index contributed by atoms with van der Waals surface area (Å²) in [7, 11) is -2.08. The first-order valence-electron chi connectivity index (χ1n) is 8.30. The van der Waals surface area contributed by atoms with Crippen molar-refractivity contribution in [3.8, 4) is 5.75 Å². The third-order valence-electron chi connectivity index (χ3n) is 4.29. The molecule has 7 heteroatoms. The maximum Gasteiger partial charge on any atom is 0.246 e. The summed E-state index contributed by atoms with van der Waals surface area (Å²) in [6.07, 6.45) is 4.62. The highest BCUT2D eigenvalue weighted by Crippen LogP contribution is 2.27. The van der Waals surface area contributed by atoms with E-state index in [1.807, 2.05) is 6.92 Å². The van der Waals surface area contributed by atoms with E-state index in [-0.39, 0.29) is 5.91 Å². The molecule has 1 fully saturated rings. The number of ether oxygens (including phenoxy) is 1. The van der Waals surface area contributed by atoms with Crippen LogP contribution in [0.15, 0.2) is 24.3 Å². The number of likely N-dealkylation sites (tertiary alicyclic amines) is 1. The van der Waals surface area contributed by atoms with Crippen LogP contribution in [-0.2, 0) is 14.8 Å². The predicted molar refractivity (Wildman–Crippen MR) is 94.8 cm³/mol. The second kappa shape index (κ2) is 7.88. The first kappa shape index (κ1) is 18.6. The smallest absolute Gasteiger partial charge is 0.246 e. The number of nitrogens with zero attached hydrogens (tertiary/aromatic N) is 2. The van der Waals surface area contributed by atoms with Gasteiger partial charge < -0.3 is 9.64 Å². The molecule has 0 bridgehead atoms. The molecule has 1 aromatic carbocycles. The van der Waals surface area contributed by atoms with E-state index in [0.717, 1.165) is 25.5 Å². The molecular formula is C17H26N2O4S. The van der Waals surface area contributed by atoms with Crippen LogP contribution in [0, 0.1) is 0 Å². The molecule has 1 atom stereocenters. The Kier molecular flexibility index (Phi) is 6.10. The van der Waals surface area contributed by atoms with Crippen molar-refractivity contribution in [1.82, 2.24) is 4.90 Å². The molecule has 0 radical (unpaired) electrons. The van der Waals surface area contributed by atoms with E-state index < -0.39 is 16.1 Å². The Hall–Kier alpha value is -1.76. The molecule has 0 spiro atoms. The van der Waals surface area contributed by atoms with Crippen LogP contribution in [0.1, 0.15) is 32.6 Å². The zero-order valence-corrected chi connectivity index (χ0v) is 15.4. The minimum atomic E-state index is -3.61. The van der Waals surface area contributed by atoms with Gasteiger partial charge in [0.15, 0.2) is 0 Å². The number of benzene rings is 1. The second-order valence-corrected chi connectivity index (χ2v) is 7.93. The maximum atomic E-state index is 12.9. The standard InChI is InChI=1S/C17H26N2O4S/c1-4-16(17(20)18-11-6-5-7-12-18)19(24(3,21)22)14-9-8-10-15(13-14)23-2/h8-10,13,16H,4-7,11-12H2,1-3H3/t16-/m1/s1. The van der Waals surface area contributed by atoms with Gasteiger partial charge in [0.25, 0.3) is 0 Å². The molecule has 1 saturated heterocycles. The first-order valence-corrected chi connectivity index (χ1v) is 10.2. The van der Waals surface area contributed by atoms with Crippen LogP contribution in [0.3, 0.4) is 0 Å². The van der Waals surface area contributed by atoms with Gasteiger partial charge in [0.1, 0.15) is 11.8 Å². The van der Waals surface area contributed by atoms with E-state index in [1.165, 1.54) is 11.4 Å². The summed E-state index contributed by atoms with van der Waals surface area (Å²) in [6, 6.07) is 6.08. The number of anilines is 1. The third-order valence-corrected chi connectivity index (χ3v) is 5.47. The number of hydrogen-bond donors (Lipinski definition) is 0. The zero-order chi connectivity index (χ0) is 17.7. The van der Waals surface area contributed by atoms with Gasteiger partial charge in [-0.05, 0) is 37.8 Å². The van der Waals surface area contributed by atoms with Crippen LogP contribution < -0.4 is 9.04 Å². The molecule has 0 unspecified atom stereocenters. The van der Waals surface area contributed by atoms with Gasteiger partial charge in [-0.25, -0.2) is 8.42 Å². The number of rotatable bonds is 6. The lowest BCUT2D eigenvalue weighted by molar-refractivity contribution is -0.133. The van der Waals surface area contributed by atoms with E-state index in [4.69, 9.17) is 4.74 Å². The van der Waals surface area contributed by atoms with Crippen LogP contribution in [0.2, 0.25) is 0 Å². The summed E-state index contributed by atoms with van der Waals surface area (Å²) in [5.41, 5.74) is 0.453. The van der Waals surface area contributed by atoms with Crippen molar-refractivity contribution in [3.63, 3.8) is 0 Å². The number of amides is 1. The molecule has 1 aliphatic rings. The van der Waals surface area contributed by atoms with Crippen LogP contribution >= 0.6 is 0 Å². The summed E-state index contributed by atoms with van der Waals surface area (Å²) in [5, 5.41) is 0. The van der Waals surface area contributed by atoms with Gasteiger partial charge >= 0.3 is 0 Å². The highest BCUT2D eigenvalue weighted by molar-refractivity contribution is 7.92. The molecule has 0 aliphatic carbocycles. The minimum Gasteiger partial charge on any atom is -0.497 e. The lowest BCUT2D eigenvalue weighted by atomic mass is 10.1. The van der Waals surface area contributed by atoms with Crippen molar-refractivity contribution >= 4 is 21.6 Å². The van der Waals surface area contributed by atoms with Gasteiger partial charge in [-0.3, -0.25) is 9.10 Å².